The maximum absolute atomic E-state index is 12.9. The fraction of sp³-hybridized carbons (Fsp3) is 0.696. The summed E-state index contributed by atoms with van der Waals surface area (Å²) in [4.78, 5) is 26.1. The lowest BCUT2D eigenvalue weighted by Crippen LogP contribution is -2.41. The number of likely N-dealkylation sites (tertiary alicyclic amines) is 1. The number of aromatic nitrogens is 1. The molecule has 0 unspecified atom stereocenters. The van der Waals surface area contributed by atoms with E-state index in [0.29, 0.717) is 36.4 Å². The van der Waals surface area contributed by atoms with Crippen LogP contribution in [-0.2, 0) is 9.59 Å². The average Bonchev–Trinajstić information content (AvgIpc) is 2.97. The molecule has 7 heteroatoms. The maximum Gasteiger partial charge on any atom is 0.239 e. The molecule has 0 bridgehead atoms. The van der Waals surface area contributed by atoms with Crippen molar-refractivity contribution in [3.63, 3.8) is 0 Å². The molecule has 1 saturated carbocycles. The fourth-order valence-corrected chi connectivity index (χ4v) is 4.89. The van der Waals surface area contributed by atoms with Gasteiger partial charge in [0.2, 0.25) is 11.8 Å². The minimum absolute atomic E-state index is 0.0108. The van der Waals surface area contributed by atoms with Crippen molar-refractivity contribution >= 4 is 17.6 Å². The Bertz CT molecular complexity index is 809. The number of nitrogens with zero attached hydrogens (tertiary/aromatic N) is 3. The van der Waals surface area contributed by atoms with Crippen LogP contribution in [0, 0.1) is 31.1 Å². The van der Waals surface area contributed by atoms with Gasteiger partial charge in [-0.2, -0.15) is 5.26 Å². The molecule has 2 aliphatic rings. The van der Waals surface area contributed by atoms with E-state index in [1.165, 1.54) is 19.3 Å². The van der Waals surface area contributed by atoms with Gasteiger partial charge in [-0.1, -0.05) is 19.3 Å². The van der Waals surface area contributed by atoms with Crippen LogP contribution in [0.25, 0.3) is 0 Å². The molecule has 0 radical (unpaired) electrons. The second kappa shape index (κ2) is 10.1. The second-order valence-corrected chi connectivity index (χ2v) is 8.91. The first-order valence-electron chi connectivity index (χ1n) is 11.3. The molecule has 0 spiro atoms. The van der Waals surface area contributed by atoms with Crippen LogP contribution in [0.15, 0.2) is 0 Å². The maximum atomic E-state index is 12.9. The van der Waals surface area contributed by atoms with Crippen LogP contribution < -0.4 is 10.6 Å². The number of anilines is 1. The predicted molar refractivity (Wildman–Crippen MR) is 117 cm³/mol. The first-order chi connectivity index (χ1) is 14.4. The van der Waals surface area contributed by atoms with Crippen molar-refractivity contribution in [3.8, 4) is 6.07 Å². The van der Waals surface area contributed by atoms with Crippen molar-refractivity contribution in [3.05, 3.63) is 16.8 Å². The average molecular weight is 414 g/mol. The number of carbonyl (C=O) groups excluding carboxylic acids is 2. The summed E-state index contributed by atoms with van der Waals surface area (Å²) in [7, 11) is 0. The van der Waals surface area contributed by atoms with Gasteiger partial charge in [0.1, 0.15) is 11.9 Å². The Morgan fingerprint density at radius 3 is 2.37 bits per heavy atom. The first kappa shape index (κ1) is 22.4. The van der Waals surface area contributed by atoms with Crippen LogP contribution >= 0.6 is 0 Å². The Balaban J connectivity index is 1.63. The third-order valence-corrected chi connectivity index (χ3v) is 6.78. The molecule has 7 nitrogen and oxygen atoms in total. The molecule has 0 atom stereocenters. The van der Waals surface area contributed by atoms with Crippen molar-refractivity contribution in [2.45, 2.75) is 71.8 Å². The Kier molecular flexibility index (Phi) is 7.54. The summed E-state index contributed by atoms with van der Waals surface area (Å²) < 4.78 is 2.21. The van der Waals surface area contributed by atoms with Crippen molar-refractivity contribution in [1.82, 2.24) is 14.8 Å². The number of hydrogen-bond donors (Lipinski definition) is 2. The monoisotopic (exact) mass is 413 g/mol. The van der Waals surface area contributed by atoms with Gasteiger partial charge < -0.3 is 15.2 Å². The minimum atomic E-state index is -0.0543. The first-order valence-corrected chi connectivity index (χ1v) is 11.3. The number of piperidine rings is 1. The van der Waals surface area contributed by atoms with Gasteiger partial charge in [0.15, 0.2) is 0 Å². The zero-order valence-electron chi connectivity index (χ0n) is 18.6. The molecule has 164 valence electrons. The molecule has 2 N–H and O–H groups in total. The molecule has 3 rings (SSSR count). The normalized spacial score (nSPS) is 18.7. The molecule has 2 amide bonds. The molecule has 30 heavy (non-hydrogen) atoms. The molecule has 0 aromatic carbocycles. The second-order valence-electron chi connectivity index (χ2n) is 8.91. The number of nitriles is 1. The SMILES string of the molecule is CC(=O)NCC1CCN(CC(=O)Nc2c(C#N)c(C)c(C)n2C2CCCCC2)CC1. The van der Waals surface area contributed by atoms with E-state index in [1.54, 1.807) is 6.92 Å². The molecule has 1 aliphatic heterocycles. The van der Waals surface area contributed by atoms with E-state index in [2.05, 4.69) is 33.1 Å². The topological polar surface area (TPSA) is 90.2 Å². The summed E-state index contributed by atoms with van der Waals surface area (Å²) in [6, 6.07) is 2.68. The smallest absolute Gasteiger partial charge is 0.239 e. The quantitative estimate of drug-likeness (QED) is 0.749. The van der Waals surface area contributed by atoms with Gasteiger partial charge in [-0.05, 0) is 64.1 Å². The predicted octanol–water partition coefficient (Wildman–Crippen LogP) is 3.27. The van der Waals surface area contributed by atoms with Crippen LogP contribution in [0.5, 0.6) is 0 Å². The van der Waals surface area contributed by atoms with Gasteiger partial charge in [0.25, 0.3) is 0 Å². The molecule has 1 aromatic rings. The summed E-state index contributed by atoms with van der Waals surface area (Å²) in [6.07, 6.45) is 7.82. The highest BCUT2D eigenvalue weighted by molar-refractivity contribution is 5.93. The third kappa shape index (κ3) is 5.23. The van der Waals surface area contributed by atoms with Gasteiger partial charge in [0.05, 0.1) is 12.1 Å². The lowest BCUT2D eigenvalue weighted by molar-refractivity contribution is -0.119. The van der Waals surface area contributed by atoms with E-state index in [1.807, 2.05) is 6.92 Å². The summed E-state index contributed by atoms with van der Waals surface area (Å²) in [5, 5.41) is 15.7. The molecule has 1 aliphatic carbocycles. The highest BCUT2D eigenvalue weighted by Gasteiger charge is 2.27. The van der Waals surface area contributed by atoms with E-state index in [4.69, 9.17) is 0 Å². The molecule has 2 fully saturated rings. The summed E-state index contributed by atoms with van der Waals surface area (Å²) in [5.74, 6) is 1.12. The van der Waals surface area contributed by atoms with Gasteiger partial charge in [-0.25, -0.2) is 0 Å². The van der Waals surface area contributed by atoms with E-state index in [0.717, 1.165) is 50.0 Å². The Labute approximate surface area is 179 Å². The number of rotatable bonds is 6. The van der Waals surface area contributed by atoms with Crippen molar-refractivity contribution in [2.24, 2.45) is 5.92 Å². The number of nitrogens with one attached hydrogen (secondary N) is 2. The van der Waals surface area contributed by atoms with Crippen LogP contribution in [0.3, 0.4) is 0 Å². The Morgan fingerprint density at radius 1 is 1.10 bits per heavy atom. The van der Waals surface area contributed by atoms with E-state index >= 15 is 0 Å². The van der Waals surface area contributed by atoms with Crippen LogP contribution in [0.4, 0.5) is 5.82 Å². The van der Waals surface area contributed by atoms with E-state index < -0.39 is 0 Å². The standard InChI is InChI=1S/C23H35N5O2/c1-16-17(2)28(20-7-5-4-6-8-20)23(21(16)13-24)26-22(30)15-27-11-9-19(10-12-27)14-25-18(3)29/h19-20H,4-12,14-15H2,1-3H3,(H,25,29)(H,26,30). The van der Waals surface area contributed by atoms with Crippen molar-refractivity contribution < 1.29 is 9.59 Å². The fourth-order valence-electron chi connectivity index (χ4n) is 4.89. The lowest BCUT2D eigenvalue weighted by atomic mass is 9.95. The van der Waals surface area contributed by atoms with Crippen molar-refractivity contribution in [1.29, 1.82) is 5.26 Å². The lowest BCUT2D eigenvalue weighted by Gasteiger charge is -2.31. The number of carbonyl (C=O) groups is 2. The number of hydrogen-bond acceptors (Lipinski definition) is 4. The summed E-state index contributed by atoms with van der Waals surface area (Å²) in [5.41, 5.74) is 2.66. The van der Waals surface area contributed by atoms with Gasteiger partial charge in [-0.3, -0.25) is 14.5 Å². The van der Waals surface area contributed by atoms with Gasteiger partial charge in [-0.15, -0.1) is 0 Å². The van der Waals surface area contributed by atoms with Crippen molar-refractivity contribution in [2.75, 3.05) is 31.5 Å². The molecule has 1 saturated heterocycles. The molecular weight excluding hydrogens is 378 g/mol. The highest BCUT2D eigenvalue weighted by atomic mass is 16.2. The zero-order valence-corrected chi connectivity index (χ0v) is 18.6. The Morgan fingerprint density at radius 2 is 1.77 bits per heavy atom. The van der Waals surface area contributed by atoms with Gasteiger partial charge >= 0.3 is 0 Å². The summed E-state index contributed by atoms with van der Waals surface area (Å²) >= 11 is 0. The largest absolute Gasteiger partial charge is 0.356 e. The minimum Gasteiger partial charge on any atom is -0.356 e. The van der Waals surface area contributed by atoms with E-state index in [9.17, 15) is 14.9 Å². The van der Waals surface area contributed by atoms with Crippen LogP contribution in [0.1, 0.15) is 74.7 Å². The van der Waals surface area contributed by atoms with Crippen LogP contribution in [0.2, 0.25) is 0 Å². The zero-order chi connectivity index (χ0) is 21.7. The summed E-state index contributed by atoms with van der Waals surface area (Å²) in [6.45, 7) is 8.33. The molecular formula is C23H35N5O2. The molecule has 1 aromatic heterocycles. The van der Waals surface area contributed by atoms with Crippen LogP contribution in [-0.4, -0.2) is 47.5 Å². The van der Waals surface area contributed by atoms with Gasteiger partial charge in [0, 0.05) is 25.2 Å². The van der Waals surface area contributed by atoms with E-state index in [-0.39, 0.29) is 11.8 Å². The highest BCUT2D eigenvalue weighted by Crippen LogP contribution is 2.36. The third-order valence-electron chi connectivity index (χ3n) is 6.78. The number of amides is 2. The Hall–Kier alpha value is -2.33. The molecule has 2 heterocycles.